The van der Waals surface area contributed by atoms with Crippen LogP contribution in [0.5, 0.6) is 0 Å². The highest BCUT2D eigenvalue weighted by Gasteiger charge is 2.06. The molecule has 0 atom stereocenters. The van der Waals surface area contributed by atoms with Crippen molar-refractivity contribution in [3.8, 4) is 0 Å². The van der Waals surface area contributed by atoms with Gasteiger partial charge in [-0.1, -0.05) is 30.3 Å². The number of aryl methyl sites for hydroxylation is 2. The minimum Gasteiger partial charge on any atom is -0.293 e. The smallest absolute Gasteiger partial charge is 0.180 e. The van der Waals surface area contributed by atoms with Crippen molar-refractivity contribution in [1.82, 2.24) is 9.78 Å². The van der Waals surface area contributed by atoms with Crippen LogP contribution < -0.4 is 0 Å². The van der Waals surface area contributed by atoms with Crippen LogP contribution in [0.1, 0.15) is 22.3 Å². The van der Waals surface area contributed by atoms with E-state index in [1.165, 1.54) is 5.56 Å². The molecular weight excluding hydrogens is 248 g/mol. The molecule has 0 aliphatic heterocycles. The molecule has 0 spiro atoms. The summed E-state index contributed by atoms with van der Waals surface area (Å²) in [4.78, 5) is 11.3. The summed E-state index contributed by atoms with van der Waals surface area (Å²) in [5.74, 6) is -0.0682. The summed E-state index contributed by atoms with van der Waals surface area (Å²) < 4.78 is 1.79. The molecular formula is C14H15ClN2O. The highest BCUT2D eigenvalue weighted by molar-refractivity contribution is 6.30. The van der Waals surface area contributed by atoms with Gasteiger partial charge in [-0.15, -0.1) is 11.6 Å². The zero-order valence-corrected chi connectivity index (χ0v) is 10.8. The predicted octanol–water partition coefficient (Wildman–Crippen LogP) is 2.94. The second-order valence-electron chi connectivity index (χ2n) is 4.14. The van der Waals surface area contributed by atoms with Gasteiger partial charge < -0.3 is 0 Å². The van der Waals surface area contributed by atoms with E-state index in [0.29, 0.717) is 5.56 Å². The van der Waals surface area contributed by atoms with Crippen LogP contribution in [0.3, 0.4) is 0 Å². The topological polar surface area (TPSA) is 34.9 Å². The van der Waals surface area contributed by atoms with Gasteiger partial charge in [0.2, 0.25) is 0 Å². The second-order valence-corrected chi connectivity index (χ2v) is 4.41. The van der Waals surface area contributed by atoms with Crippen molar-refractivity contribution in [2.45, 2.75) is 19.4 Å². The SMILES string of the molecule is O=C(CCl)c1cnn(CCCc2ccccc2)c1. The van der Waals surface area contributed by atoms with E-state index in [1.807, 2.05) is 18.2 Å². The molecule has 4 heteroatoms. The Labute approximate surface area is 111 Å². The lowest BCUT2D eigenvalue weighted by Gasteiger charge is -2.01. The number of hydrogen-bond donors (Lipinski definition) is 0. The quantitative estimate of drug-likeness (QED) is 0.593. The van der Waals surface area contributed by atoms with Crippen molar-refractivity contribution in [3.05, 3.63) is 53.9 Å². The molecule has 2 rings (SSSR count). The number of alkyl halides is 1. The number of ketones is 1. The van der Waals surface area contributed by atoms with E-state index in [2.05, 4.69) is 17.2 Å². The van der Waals surface area contributed by atoms with Crippen LogP contribution >= 0.6 is 11.6 Å². The van der Waals surface area contributed by atoms with Gasteiger partial charge in [0.1, 0.15) is 0 Å². The molecule has 0 amide bonds. The van der Waals surface area contributed by atoms with E-state index in [4.69, 9.17) is 11.6 Å². The normalized spacial score (nSPS) is 10.5. The molecule has 1 aromatic heterocycles. The molecule has 0 unspecified atom stereocenters. The highest BCUT2D eigenvalue weighted by Crippen LogP contribution is 2.05. The van der Waals surface area contributed by atoms with Crippen LogP contribution in [0.4, 0.5) is 0 Å². The van der Waals surface area contributed by atoms with Crippen LogP contribution in [0.25, 0.3) is 0 Å². The lowest BCUT2D eigenvalue weighted by atomic mass is 10.1. The summed E-state index contributed by atoms with van der Waals surface area (Å²) in [6, 6.07) is 10.3. The van der Waals surface area contributed by atoms with Gasteiger partial charge in [-0.2, -0.15) is 5.10 Å². The molecule has 1 aromatic carbocycles. The molecule has 0 fully saturated rings. The van der Waals surface area contributed by atoms with E-state index in [-0.39, 0.29) is 11.7 Å². The first-order valence-corrected chi connectivity index (χ1v) is 6.48. The third kappa shape index (κ3) is 3.44. The molecule has 1 heterocycles. The molecule has 0 aliphatic rings. The monoisotopic (exact) mass is 262 g/mol. The minimum absolute atomic E-state index is 0.00963. The third-order valence-electron chi connectivity index (χ3n) is 2.77. The van der Waals surface area contributed by atoms with Crippen molar-refractivity contribution in [2.24, 2.45) is 0 Å². The Morgan fingerprint density at radius 1 is 1.28 bits per heavy atom. The Bertz CT molecular complexity index is 508. The Morgan fingerprint density at radius 3 is 2.78 bits per heavy atom. The van der Waals surface area contributed by atoms with Crippen molar-refractivity contribution in [2.75, 3.05) is 5.88 Å². The average molecular weight is 263 g/mol. The molecule has 3 nitrogen and oxygen atoms in total. The summed E-state index contributed by atoms with van der Waals surface area (Å²) in [5.41, 5.74) is 1.91. The van der Waals surface area contributed by atoms with Crippen molar-refractivity contribution in [3.63, 3.8) is 0 Å². The van der Waals surface area contributed by atoms with E-state index in [1.54, 1.807) is 17.1 Å². The van der Waals surface area contributed by atoms with Crippen LogP contribution in [0, 0.1) is 0 Å². The fourth-order valence-corrected chi connectivity index (χ4v) is 1.95. The second kappa shape index (κ2) is 6.36. The maximum atomic E-state index is 11.3. The number of hydrogen-bond acceptors (Lipinski definition) is 2. The molecule has 94 valence electrons. The van der Waals surface area contributed by atoms with Crippen molar-refractivity contribution in [1.29, 1.82) is 0 Å². The van der Waals surface area contributed by atoms with Crippen LogP contribution in [0.2, 0.25) is 0 Å². The Balaban J connectivity index is 1.84. The fraction of sp³-hybridized carbons (Fsp3) is 0.286. The number of nitrogens with zero attached hydrogens (tertiary/aromatic N) is 2. The molecule has 0 N–H and O–H groups in total. The largest absolute Gasteiger partial charge is 0.293 e. The van der Waals surface area contributed by atoms with Gasteiger partial charge in [0, 0.05) is 12.7 Å². The first-order valence-electron chi connectivity index (χ1n) is 5.95. The van der Waals surface area contributed by atoms with Gasteiger partial charge in [0.15, 0.2) is 5.78 Å². The molecule has 0 aliphatic carbocycles. The Morgan fingerprint density at radius 2 is 2.06 bits per heavy atom. The average Bonchev–Trinajstić information content (AvgIpc) is 2.88. The first kappa shape index (κ1) is 12.8. The summed E-state index contributed by atoms with van der Waals surface area (Å²) in [5, 5.41) is 4.15. The number of Topliss-reactive ketones (excluding diaryl/α,β-unsaturated/α-hetero) is 1. The molecule has 0 saturated carbocycles. The zero-order chi connectivity index (χ0) is 12.8. The number of carbonyl (C=O) groups excluding carboxylic acids is 1. The molecule has 18 heavy (non-hydrogen) atoms. The maximum absolute atomic E-state index is 11.3. The number of rotatable bonds is 6. The van der Waals surface area contributed by atoms with Gasteiger partial charge in [-0.3, -0.25) is 9.48 Å². The van der Waals surface area contributed by atoms with E-state index < -0.39 is 0 Å². The lowest BCUT2D eigenvalue weighted by molar-refractivity contribution is 0.102. The van der Waals surface area contributed by atoms with Gasteiger partial charge >= 0.3 is 0 Å². The number of halogens is 1. The van der Waals surface area contributed by atoms with Crippen molar-refractivity contribution < 1.29 is 4.79 Å². The van der Waals surface area contributed by atoms with Gasteiger partial charge in [0.25, 0.3) is 0 Å². The van der Waals surface area contributed by atoms with E-state index in [9.17, 15) is 4.79 Å². The Kier molecular flexibility index (Phi) is 4.53. The standard InChI is InChI=1S/C14H15ClN2O/c15-9-14(18)13-10-16-17(11-13)8-4-7-12-5-2-1-3-6-12/h1-3,5-6,10-11H,4,7-9H2. The third-order valence-corrected chi connectivity index (χ3v) is 3.01. The molecule has 0 saturated heterocycles. The van der Waals surface area contributed by atoms with Gasteiger partial charge in [-0.05, 0) is 18.4 Å². The summed E-state index contributed by atoms with van der Waals surface area (Å²) in [6.45, 7) is 0.810. The summed E-state index contributed by atoms with van der Waals surface area (Å²) in [6.07, 6.45) is 5.35. The highest BCUT2D eigenvalue weighted by atomic mass is 35.5. The molecule has 0 radical (unpaired) electrons. The first-order chi connectivity index (χ1) is 8.79. The number of aromatic nitrogens is 2. The predicted molar refractivity (Wildman–Crippen MR) is 72.0 cm³/mol. The van der Waals surface area contributed by atoms with Crippen LogP contribution in [-0.2, 0) is 13.0 Å². The summed E-state index contributed by atoms with van der Waals surface area (Å²) >= 11 is 5.49. The molecule has 2 aromatic rings. The number of carbonyl (C=O) groups is 1. The fourth-order valence-electron chi connectivity index (χ4n) is 1.80. The maximum Gasteiger partial charge on any atom is 0.180 e. The van der Waals surface area contributed by atoms with Crippen LogP contribution in [0.15, 0.2) is 42.7 Å². The molecule has 0 bridgehead atoms. The summed E-state index contributed by atoms with van der Waals surface area (Å²) in [7, 11) is 0. The van der Waals surface area contributed by atoms with E-state index in [0.717, 1.165) is 19.4 Å². The van der Waals surface area contributed by atoms with Crippen molar-refractivity contribution >= 4 is 17.4 Å². The zero-order valence-electron chi connectivity index (χ0n) is 10.1. The van der Waals surface area contributed by atoms with Gasteiger partial charge in [0.05, 0.1) is 17.6 Å². The number of benzene rings is 1. The lowest BCUT2D eigenvalue weighted by Crippen LogP contribution is -2.01. The van der Waals surface area contributed by atoms with E-state index >= 15 is 0 Å². The minimum atomic E-state index is -0.0778. The van der Waals surface area contributed by atoms with Crippen LogP contribution in [-0.4, -0.2) is 21.4 Å². The Hall–Kier alpha value is -1.61. The van der Waals surface area contributed by atoms with Gasteiger partial charge in [-0.25, -0.2) is 0 Å².